The van der Waals surface area contributed by atoms with Crippen LogP contribution in [0.5, 0.6) is 11.5 Å². The van der Waals surface area contributed by atoms with Crippen molar-refractivity contribution in [3.63, 3.8) is 0 Å². The molecule has 1 saturated heterocycles. The number of piperazine rings is 1. The fourth-order valence-electron chi connectivity index (χ4n) is 3.59. The van der Waals surface area contributed by atoms with Gasteiger partial charge in [-0.15, -0.1) is 0 Å². The van der Waals surface area contributed by atoms with Crippen molar-refractivity contribution in [1.29, 1.82) is 0 Å². The molecule has 0 N–H and O–H groups in total. The van der Waals surface area contributed by atoms with Crippen LogP contribution in [0.25, 0.3) is 0 Å². The van der Waals surface area contributed by atoms with Gasteiger partial charge in [0, 0.05) is 43.0 Å². The van der Waals surface area contributed by atoms with Crippen LogP contribution in [0, 0.1) is 0 Å². The number of rotatable bonds is 7. The normalized spacial score (nSPS) is 14.5. The second-order valence-corrected chi connectivity index (χ2v) is 7.89. The van der Waals surface area contributed by atoms with Crippen LogP contribution in [0.3, 0.4) is 0 Å². The minimum atomic E-state index is -0.180. The Balaban J connectivity index is 1.29. The molecule has 1 fully saturated rings. The molecule has 0 unspecified atom stereocenters. The summed E-state index contributed by atoms with van der Waals surface area (Å²) >= 11 is 5.98. The average molecular weight is 441 g/mol. The van der Waals surface area contributed by atoms with Crippen LogP contribution in [0.4, 0.5) is 5.69 Å². The molecule has 2 aromatic carbocycles. The minimum Gasteiger partial charge on any atom is -0.497 e. The van der Waals surface area contributed by atoms with E-state index in [-0.39, 0.29) is 17.8 Å². The predicted molar refractivity (Wildman–Crippen MR) is 121 cm³/mol. The monoisotopic (exact) mass is 440 g/mol. The maximum absolute atomic E-state index is 12.4. The molecule has 0 saturated carbocycles. The van der Waals surface area contributed by atoms with Crippen molar-refractivity contribution < 1.29 is 13.9 Å². The molecule has 3 aromatic rings. The molecule has 0 amide bonds. The zero-order valence-corrected chi connectivity index (χ0v) is 18.2. The summed E-state index contributed by atoms with van der Waals surface area (Å²) in [7, 11) is 1.67. The van der Waals surface area contributed by atoms with Crippen molar-refractivity contribution in [3.8, 4) is 11.5 Å². The van der Waals surface area contributed by atoms with E-state index in [1.807, 2.05) is 30.3 Å². The quantitative estimate of drug-likeness (QED) is 0.548. The summed E-state index contributed by atoms with van der Waals surface area (Å²) in [4.78, 5) is 17.0. The molecule has 31 heavy (non-hydrogen) atoms. The highest BCUT2D eigenvalue weighted by atomic mass is 35.5. The first-order valence-corrected chi connectivity index (χ1v) is 10.6. The maximum Gasteiger partial charge on any atom is 0.227 e. The van der Waals surface area contributed by atoms with E-state index in [2.05, 4.69) is 21.9 Å². The number of ether oxygens (including phenoxy) is 2. The molecule has 162 valence electrons. The number of hydrogen-bond acceptors (Lipinski definition) is 6. The molecule has 0 atom stereocenters. The molecule has 0 spiro atoms. The molecule has 6 nitrogen and oxygen atoms in total. The lowest BCUT2D eigenvalue weighted by Crippen LogP contribution is -2.46. The topological polar surface area (TPSA) is 55.2 Å². The van der Waals surface area contributed by atoms with Crippen LogP contribution in [-0.2, 0) is 13.2 Å². The summed E-state index contributed by atoms with van der Waals surface area (Å²) < 4.78 is 16.5. The van der Waals surface area contributed by atoms with Crippen molar-refractivity contribution in [1.82, 2.24) is 4.90 Å². The Morgan fingerprint density at radius 2 is 1.81 bits per heavy atom. The highest BCUT2D eigenvalue weighted by Crippen LogP contribution is 2.21. The molecule has 0 bridgehead atoms. The first-order valence-electron chi connectivity index (χ1n) is 10.2. The molecule has 1 aliphatic rings. The van der Waals surface area contributed by atoms with E-state index in [0.29, 0.717) is 17.3 Å². The van der Waals surface area contributed by atoms with E-state index in [9.17, 15) is 4.79 Å². The van der Waals surface area contributed by atoms with Gasteiger partial charge in [-0.1, -0.05) is 23.7 Å². The summed E-state index contributed by atoms with van der Waals surface area (Å²) in [6.07, 6.45) is 1.40. The third kappa shape index (κ3) is 5.60. The highest BCUT2D eigenvalue weighted by molar-refractivity contribution is 6.30. The minimum absolute atomic E-state index is 0.180. The lowest BCUT2D eigenvalue weighted by molar-refractivity contribution is 0.224. The zero-order chi connectivity index (χ0) is 21.6. The van der Waals surface area contributed by atoms with Gasteiger partial charge in [-0.2, -0.15) is 0 Å². The largest absolute Gasteiger partial charge is 0.497 e. The van der Waals surface area contributed by atoms with Gasteiger partial charge in [0.05, 0.1) is 13.7 Å². The molecule has 0 radical (unpaired) electrons. The molecular weight excluding hydrogens is 416 g/mol. The molecule has 1 aromatic heterocycles. The van der Waals surface area contributed by atoms with Crippen LogP contribution in [-0.4, -0.2) is 38.2 Å². The van der Waals surface area contributed by atoms with E-state index in [1.54, 1.807) is 13.2 Å². The van der Waals surface area contributed by atoms with E-state index >= 15 is 0 Å². The third-order valence-corrected chi connectivity index (χ3v) is 5.56. The van der Waals surface area contributed by atoms with Gasteiger partial charge in [0.1, 0.15) is 24.4 Å². The second-order valence-electron chi connectivity index (χ2n) is 7.45. The van der Waals surface area contributed by atoms with E-state index < -0.39 is 0 Å². The molecule has 0 aliphatic carbocycles. The van der Waals surface area contributed by atoms with Crippen LogP contribution in [0.1, 0.15) is 11.3 Å². The molecule has 4 rings (SSSR count). The fourth-order valence-corrected chi connectivity index (χ4v) is 3.81. The van der Waals surface area contributed by atoms with Crippen molar-refractivity contribution >= 4 is 17.3 Å². The van der Waals surface area contributed by atoms with Crippen molar-refractivity contribution in [2.24, 2.45) is 0 Å². The Kier molecular flexibility index (Phi) is 6.79. The highest BCUT2D eigenvalue weighted by Gasteiger charge is 2.18. The van der Waals surface area contributed by atoms with Gasteiger partial charge in [-0.3, -0.25) is 9.69 Å². The van der Waals surface area contributed by atoms with Crippen molar-refractivity contribution in [2.45, 2.75) is 13.2 Å². The number of anilines is 1. The van der Waals surface area contributed by atoms with E-state index in [0.717, 1.165) is 37.5 Å². The van der Waals surface area contributed by atoms with Crippen LogP contribution >= 0.6 is 11.6 Å². The Bertz CT molecular complexity index is 1060. The van der Waals surface area contributed by atoms with Crippen molar-refractivity contribution in [3.05, 3.63) is 87.4 Å². The van der Waals surface area contributed by atoms with Gasteiger partial charge in [0.2, 0.25) is 11.2 Å². The smallest absolute Gasteiger partial charge is 0.227 e. The van der Waals surface area contributed by atoms with Crippen LogP contribution in [0.2, 0.25) is 5.02 Å². The molecule has 2 heterocycles. The van der Waals surface area contributed by atoms with Crippen molar-refractivity contribution in [2.75, 3.05) is 38.2 Å². The van der Waals surface area contributed by atoms with Gasteiger partial charge in [0.25, 0.3) is 0 Å². The standard InChI is InChI=1S/C24H25ClN2O4/c1-29-21-7-5-20(6-8-21)27-11-9-26(10-12-27)15-22-14-23(28)24(17-30-22)31-16-18-3-2-4-19(25)13-18/h2-8,13-14,17H,9-12,15-16H2,1H3. The number of benzene rings is 2. The summed E-state index contributed by atoms with van der Waals surface area (Å²) in [6, 6.07) is 17.0. The summed E-state index contributed by atoms with van der Waals surface area (Å²) in [6.45, 7) is 4.47. The summed E-state index contributed by atoms with van der Waals surface area (Å²) in [5, 5.41) is 0.635. The van der Waals surface area contributed by atoms with Gasteiger partial charge in [0.15, 0.2) is 0 Å². The summed E-state index contributed by atoms with van der Waals surface area (Å²) in [5.74, 6) is 1.70. The SMILES string of the molecule is COc1ccc(N2CCN(Cc3cc(=O)c(OCc4cccc(Cl)c4)co3)CC2)cc1. The first-order chi connectivity index (χ1) is 15.1. The Hall–Kier alpha value is -2.96. The summed E-state index contributed by atoms with van der Waals surface area (Å²) in [5.41, 5.74) is 1.90. The molecule has 1 aliphatic heterocycles. The lowest BCUT2D eigenvalue weighted by atomic mass is 10.2. The van der Waals surface area contributed by atoms with E-state index in [4.69, 9.17) is 25.5 Å². The zero-order valence-electron chi connectivity index (χ0n) is 17.4. The van der Waals surface area contributed by atoms with Gasteiger partial charge < -0.3 is 18.8 Å². The van der Waals surface area contributed by atoms with Gasteiger partial charge in [-0.25, -0.2) is 0 Å². The number of halogens is 1. The first kappa shape index (κ1) is 21.3. The van der Waals surface area contributed by atoms with Gasteiger partial charge in [-0.05, 0) is 42.0 Å². The van der Waals surface area contributed by atoms with E-state index in [1.165, 1.54) is 18.0 Å². The predicted octanol–water partition coefficient (Wildman–Crippen LogP) is 4.20. The Labute approximate surface area is 186 Å². The van der Waals surface area contributed by atoms with Crippen LogP contribution in [0.15, 0.2) is 70.1 Å². The second kappa shape index (κ2) is 9.90. The Morgan fingerprint density at radius 1 is 1.03 bits per heavy atom. The van der Waals surface area contributed by atoms with Crippen LogP contribution < -0.4 is 19.8 Å². The third-order valence-electron chi connectivity index (χ3n) is 5.32. The fraction of sp³-hybridized carbons (Fsp3) is 0.292. The average Bonchev–Trinajstić information content (AvgIpc) is 2.79. The lowest BCUT2D eigenvalue weighted by Gasteiger charge is -2.35. The van der Waals surface area contributed by atoms with Gasteiger partial charge >= 0.3 is 0 Å². The number of nitrogens with zero attached hydrogens (tertiary/aromatic N) is 2. The molecular formula is C24H25ClN2O4. The maximum atomic E-state index is 12.4. The molecule has 7 heteroatoms. The number of hydrogen-bond donors (Lipinski definition) is 0. The Morgan fingerprint density at radius 3 is 2.48 bits per heavy atom. The number of methoxy groups -OCH3 is 1.